The number of carbonyl (C=O) groups is 1. The number of amidine groups is 1. The van der Waals surface area contributed by atoms with E-state index in [1.165, 1.54) is 32.1 Å². The van der Waals surface area contributed by atoms with E-state index in [1.54, 1.807) is 0 Å². The topological polar surface area (TPSA) is 57.1 Å². The molecule has 2 aromatic carbocycles. The van der Waals surface area contributed by atoms with Crippen LogP contribution in [0, 0.1) is 5.92 Å². The van der Waals surface area contributed by atoms with E-state index in [2.05, 4.69) is 40.5 Å². The van der Waals surface area contributed by atoms with E-state index in [4.69, 9.17) is 9.98 Å². The quantitative estimate of drug-likeness (QED) is 0.780. The van der Waals surface area contributed by atoms with Gasteiger partial charge in [0.05, 0.1) is 17.9 Å². The van der Waals surface area contributed by atoms with Crippen molar-refractivity contribution in [3.8, 4) is 0 Å². The van der Waals surface area contributed by atoms with Crippen LogP contribution >= 0.6 is 0 Å². The van der Waals surface area contributed by atoms with Gasteiger partial charge >= 0.3 is 0 Å². The van der Waals surface area contributed by atoms with Gasteiger partial charge in [0, 0.05) is 24.1 Å². The SMILES string of the molecule is O=C(CCC1CCCCC1)NC1N=C(c2ccccc2)c2ccccc2N2CCN=C12. The molecule has 0 spiro atoms. The predicted octanol–water partition coefficient (Wildman–Crippen LogP) is 4.56. The highest BCUT2D eigenvalue weighted by atomic mass is 16.1. The highest BCUT2D eigenvalue weighted by molar-refractivity contribution is 6.21. The molecule has 5 nitrogen and oxygen atoms in total. The van der Waals surface area contributed by atoms with Crippen molar-refractivity contribution in [3.05, 3.63) is 65.7 Å². The Kier molecular flexibility index (Phi) is 5.83. The molecule has 3 aliphatic rings. The Morgan fingerprint density at radius 2 is 1.77 bits per heavy atom. The van der Waals surface area contributed by atoms with Crippen molar-refractivity contribution in [3.63, 3.8) is 0 Å². The molecule has 5 rings (SSSR count). The number of aliphatic imine (C=N–C) groups is 2. The third-order valence-corrected chi connectivity index (χ3v) is 6.68. The van der Waals surface area contributed by atoms with Crippen molar-refractivity contribution in [2.45, 2.75) is 51.1 Å². The van der Waals surface area contributed by atoms with Crippen LogP contribution in [0.4, 0.5) is 5.69 Å². The van der Waals surface area contributed by atoms with Gasteiger partial charge in [-0.05, 0) is 18.4 Å². The van der Waals surface area contributed by atoms with Gasteiger partial charge in [-0.25, -0.2) is 0 Å². The highest BCUT2D eigenvalue weighted by Crippen LogP contribution is 2.30. The predicted molar refractivity (Wildman–Crippen MR) is 126 cm³/mol. The molecule has 0 bridgehead atoms. The zero-order chi connectivity index (χ0) is 21.0. The van der Waals surface area contributed by atoms with Gasteiger partial charge in [-0.3, -0.25) is 14.8 Å². The maximum absolute atomic E-state index is 12.9. The number of anilines is 1. The number of amides is 1. The zero-order valence-electron chi connectivity index (χ0n) is 18.0. The van der Waals surface area contributed by atoms with Crippen molar-refractivity contribution >= 4 is 23.1 Å². The number of rotatable bonds is 5. The molecule has 5 heteroatoms. The lowest BCUT2D eigenvalue weighted by molar-refractivity contribution is -0.121. The highest BCUT2D eigenvalue weighted by Gasteiger charge is 2.33. The van der Waals surface area contributed by atoms with E-state index in [-0.39, 0.29) is 5.91 Å². The molecule has 1 atom stereocenters. The summed E-state index contributed by atoms with van der Waals surface area (Å²) in [6, 6.07) is 18.6. The molecule has 0 aromatic heterocycles. The molecule has 0 saturated heterocycles. The maximum atomic E-state index is 12.9. The fourth-order valence-corrected chi connectivity index (χ4v) is 5.07. The van der Waals surface area contributed by atoms with Crippen LogP contribution < -0.4 is 10.2 Å². The second-order valence-corrected chi connectivity index (χ2v) is 8.77. The molecule has 1 unspecified atom stereocenters. The van der Waals surface area contributed by atoms with Gasteiger partial charge < -0.3 is 10.2 Å². The monoisotopic (exact) mass is 414 g/mol. The lowest BCUT2D eigenvalue weighted by Gasteiger charge is -2.24. The first-order valence-electron chi connectivity index (χ1n) is 11.6. The van der Waals surface area contributed by atoms with E-state index in [9.17, 15) is 4.79 Å². The van der Waals surface area contributed by atoms with E-state index in [1.807, 2.05) is 24.3 Å². The minimum Gasteiger partial charge on any atom is -0.328 e. The van der Waals surface area contributed by atoms with Crippen LogP contribution in [0.2, 0.25) is 0 Å². The molecule has 2 aromatic rings. The molecule has 1 amide bonds. The fraction of sp³-hybridized carbons (Fsp3) is 0.423. The number of carbonyl (C=O) groups excluding carboxylic acids is 1. The van der Waals surface area contributed by atoms with Crippen LogP contribution in [0.15, 0.2) is 64.6 Å². The first-order valence-corrected chi connectivity index (χ1v) is 11.6. The molecular weight excluding hydrogens is 384 g/mol. The molecule has 1 saturated carbocycles. The number of hydrogen-bond donors (Lipinski definition) is 1. The van der Waals surface area contributed by atoms with E-state index < -0.39 is 6.17 Å². The number of fused-ring (bicyclic) bond motifs is 3. The average molecular weight is 415 g/mol. The Morgan fingerprint density at radius 3 is 2.61 bits per heavy atom. The van der Waals surface area contributed by atoms with Gasteiger partial charge in [-0.2, -0.15) is 0 Å². The Hall–Kier alpha value is -2.95. The maximum Gasteiger partial charge on any atom is 0.221 e. The molecular formula is C26H30N4O. The average Bonchev–Trinajstić information content (AvgIpc) is 3.27. The van der Waals surface area contributed by atoms with E-state index in [0.29, 0.717) is 12.3 Å². The minimum atomic E-state index is -0.455. The van der Waals surface area contributed by atoms with Gasteiger partial charge in [0.25, 0.3) is 0 Å². The van der Waals surface area contributed by atoms with Crippen molar-refractivity contribution in [2.24, 2.45) is 15.9 Å². The van der Waals surface area contributed by atoms with E-state index >= 15 is 0 Å². The molecule has 2 heterocycles. The third-order valence-electron chi connectivity index (χ3n) is 6.68. The number of hydrogen-bond acceptors (Lipinski definition) is 4. The normalized spacial score (nSPS) is 20.9. The molecule has 2 aliphatic heterocycles. The van der Waals surface area contributed by atoms with Crippen LogP contribution in [-0.4, -0.2) is 36.7 Å². The van der Waals surface area contributed by atoms with Gasteiger partial charge in [-0.15, -0.1) is 0 Å². The van der Waals surface area contributed by atoms with Crippen LogP contribution in [0.25, 0.3) is 0 Å². The van der Waals surface area contributed by atoms with Gasteiger partial charge in [-0.1, -0.05) is 80.6 Å². The first kappa shape index (κ1) is 20.0. The number of nitrogens with one attached hydrogen (secondary N) is 1. The summed E-state index contributed by atoms with van der Waals surface area (Å²) in [6.45, 7) is 1.55. The van der Waals surface area contributed by atoms with Gasteiger partial charge in [0.2, 0.25) is 5.91 Å². The van der Waals surface area contributed by atoms with Crippen LogP contribution in [0.3, 0.4) is 0 Å². The summed E-state index contributed by atoms with van der Waals surface area (Å²) >= 11 is 0. The molecule has 31 heavy (non-hydrogen) atoms. The molecule has 0 radical (unpaired) electrons. The molecule has 1 N–H and O–H groups in total. The Morgan fingerprint density at radius 1 is 1.00 bits per heavy atom. The summed E-state index contributed by atoms with van der Waals surface area (Å²) in [5, 5.41) is 3.21. The van der Waals surface area contributed by atoms with Crippen molar-refractivity contribution in [1.82, 2.24) is 5.32 Å². The second-order valence-electron chi connectivity index (χ2n) is 8.77. The largest absolute Gasteiger partial charge is 0.328 e. The second kappa shape index (κ2) is 9.04. The van der Waals surface area contributed by atoms with Crippen molar-refractivity contribution in [2.75, 3.05) is 18.0 Å². The summed E-state index contributed by atoms with van der Waals surface area (Å²) in [7, 11) is 0. The van der Waals surface area contributed by atoms with Crippen molar-refractivity contribution in [1.29, 1.82) is 0 Å². The van der Waals surface area contributed by atoms with E-state index in [0.717, 1.165) is 47.9 Å². The van der Waals surface area contributed by atoms with Crippen molar-refractivity contribution < 1.29 is 4.79 Å². The lowest BCUT2D eigenvalue weighted by atomic mass is 9.86. The smallest absolute Gasteiger partial charge is 0.221 e. The fourth-order valence-electron chi connectivity index (χ4n) is 5.07. The van der Waals surface area contributed by atoms with Crippen LogP contribution in [0.1, 0.15) is 56.1 Å². The number of nitrogens with zero attached hydrogens (tertiary/aromatic N) is 3. The van der Waals surface area contributed by atoms with Crippen LogP contribution in [0.5, 0.6) is 0 Å². The summed E-state index contributed by atoms with van der Waals surface area (Å²) < 4.78 is 0. The van der Waals surface area contributed by atoms with Crippen LogP contribution in [-0.2, 0) is 4.79 Å². The molecule has 160 valence electrons. The Bertz CT molecular complexity index is 991. The third kappa shape index (κ3) is 4.27. The Labute approximate surface area is 184 Å². The summed E-state index contributed by atoms with van der Waals surface area (Å²) in [6.07, 6.45) is 7.59. The standard InChI is InChI=1S/C26H30N4O/c31-23(16-15-19-9-3-1-4-10-19)28-25-26-27-17-18-30(26)22-14-8-7-13-21(22)24(29-25)20-11-5-2-6-12-20/h2,5-8,11-14,19,25H,1,3-4,9-10,15-18H2,(H,28,31). The number of benzene rings is 2. The minimum absolute atomic E-state index is 0.0761. The summed E-state index contributed by atoms with van der Waals surface area (Å²) in [5.74, 6) is 1.62. The Balaban J connectivity index is 1.43. The molecule has 1 aliphatic carbocycles. The van der Waals surface area contributed by atoms with Gasteiger partial charge in [0.15, 0.2) is 6.17 Å². The number of para-hydroxylation sites is 1. The zero-order valence-corrected chi connectivity index (χ0v) is 18.0. The molecule has 1 fully saturated rings. The lowest BCUT2D eigenvalue weighted by Crippen LogP contribution is -2.45. The first-order chi connectivity index (χ1) is 15.3. The summed E-state index contributed by atoms with van der Waals surface area (Å²) in [5.41, 5.74) is 4.16. The van der Waals surface area contributed by atoms with Gasteiger partial charge in [0.1, 0.15) is 5.84 Å². The summed E-state index contributed by atoms with van der Waals surface area (Å²) in [4.78, 5) is 25.0.